The van der Waals surface area contributed by atoms with Gasteiger partial charge in [0.1, 0.15) is 12.3 Å². The van der Waals surface area contributed by atoms with Gasteiger partial charge in [0.05, 0.1) is 5.60 Å². The number of allylic oxidation sites excluding steroid dienone is 2. The number of nitrogens with zero attached hydrogens (tertiary/aromatic N) is 2. The van der Waals surface area contributed by atoms with Crippen LogP contribution in [0.25, 0.3) is 0 Å². The fourth-order valence-electron chi connectivity index (χ4n) is 3.83. The highest BCUT2D eigenvalue weighted by molar-refractivity contribution is 6.00. The number of rotatable bonds is 6. The molecule has 2 fully saturated rings. The van der Waals surface area contributed by atoms with E-state index in [1.54, 1.807) is 4.90 Å². The lowest BCUT2D eigenvalue weighted by Crippen LogP contribution is -2.54. The molecule has 3 N–H and O–H groups in total. The smallest absolute Gasteiger partial charge is 0.319 e. The van der Waals surface area contributed by atoms with Crippen molar-refractivity contribution >= 4 is 29.6 Å². The lowest BCUT2D eigenvalue weighted by molar-refractivity contribution is -0.121. The molecule has 0 bridgehead atoms. The van der Waals surface area contributed by atoms with Crippen molar-refractivity contribution in [3.63, 3.8) is 0 Å². The highest BCUT2D eigenvalue weighted by Crippen LogP contribution is 2.29. The molecule has 3 amide bonds. The Labute approximate surface area is 176 Å². The number of urea groups is 1. The molecule has 1 unspecified atom stereocenters. The molecule has 8 nitrogen and oxygen atoms in total. The second-order valence-electron chi connectivity index (χ2n) is 7.93. The topological polar surface area (TPSA) is 102 Å². The summed E-state index contributed by atoms with van der Waals surface area (Å²) in [6.07, 6.45) is 5.12. The molecule has 1 aromatic rings. The number of carbonyl (C=O) groups excluding carboxylic acids is 3. The molecule has 0 spiro atoms. The van der Waals surface area contributed by atoms with Gasteiger partial charge in [0, 0.05) is 42.8 Å². The highest BCUT2D eigenvalue weighted by Gasteiger charge is 2.33. The summed E-state index contributed by atoms with van der Waals surface area (Å²) in [6, 6.07) is 6.49. The number of aliphatic hydroxyl groups is 1. The SMILES string of the molecule is C=C/C(=C\C=O)NC(=O)N[C@@H]1CCCN(c2ccc(N3CCC(C)(O)C3)cc2)C1=O. The van der Waals surface area contributed by atoms with Crippen LogP contribution in [0.1, 0.15) is 26.2 Å². The van der Waals surface area contributed by atoms with Crippen LogP contribution in [0.3, 0.4) is 0 Å². The third-order valence-corrected chi connectivity index (χ3v) is 5.45. The molecule has 2 aliphatic heterocycles. The number of anilines is 2. The fraction of sp³-hybridized carbons (Fsp3) is 0.409. The summed E-state index contributed by atoms with van der Waals surface area (Å²) in [7, 11) is 0. The van der Waals surface area contributed by atoms with Gasteiger partial charge in [-0.25, -0.2) is 4.79 Å². The number of piperidine rings is 1. The maximum absolute atomic E-state index is 12.9. The number of amides is 3. The molecule has 2 aliphatic rings. The molecule has 2 saturated heterocycles. The van der Waals surface area contributed by atoms with Crippen molar-refractivity contribution in [3.8, 4) is 0 Å². The Morgan fingerprint density at radius 3 is 2.57 bits per heavy atom. The van der Waals surface area contributed by atoms with E-state index < -0.39 is 17.7 Å². The van der Waals surface area contributed by atoms with Crippen LogP contribution in [-0.2, 0) is 9.59 Å². The summed E-state index contributed by atoms with van der Waals surface area (Å²) < 4.78 is 0. The maximum Gasteiger partial charge on any atom is 0.319 e. The van der Waals surface area contributed by atoms with Crippen molar-refractivity contribution in [1.29, 1.82) is 0 Å². The summed E-state index contributed by atoms with van der Waals surface area (Å²) in [5.74, 6) is -0.173. The van der Waals surface area contributed by atoms with Gasteiger partial charge >= 0.3 is 6.03 Å². The van der Waals surface area contributed by atoms with Gasteiger partial charge in [-0.15, -0.1) is 0 Å². The van der Waals surface area contributed by atoms with Gasteiger partial charge in [-0.2, -0.15) is 0 Å². The third-order valence-electron chi connectivity index (χ3n) is 5.45. The molecule has 0 saturated carbocycles. The van der Waals surface area contributed by atoms with E-state index in [0.717, 1.165) is 30.8 Å². The molecule has 1 aromatic carbocycles. The third kappa shape index (κ3) is 5.07. The molecule has 0 radical (unpaired) electrons. The summed E-state index contributed by atoms with van der Waals surface area (Å²) in [4.78, 5) is 39.4. The molecular formula is C22H28N4O4. The molecule has 8 heteroatoms. The Morgan fingerprint density at radius 2 is 1.97 bits per heavy atom. The minimum atomic E-state index is -0.673. The van der Waals surface area contributed by atoms with Crippen molar-refractivity contribution in [2.75, 3.05) is 29.4 Å². The molecule has 3 rings (SSSR count). The van der Waals surface area contributed by atoms with Crippen LogP contribution in [-0.4, -0.2) is 54.6 Å². The number of β-amino-alcohol motifs (C(OH)–C–C–N with tert-alkyl or cyclic N) is 1. The minimum Gasteiger partial charge on any atom is -0.388 e. The standard InChI is InChI=1S/C22H28N4O4/c1-3-16(10-14-27)23-21(29)24-19-5-4-12-26(20(19)28)18-8-6-17(7-9-18)25-13-11-22(2,30)15-25/h3,6-10,14,19,30H,1,4-5,11-13,15H2,2H3,(H2,23,24,29)/b16-10+/t19-,22?/m1/s1. The highest BCUT2D eigenvalue weighted by atomic mass is 16.3. The summed E-state index contributed by atoms with van der Waals surface area (Å²) in [5.41, 5.74) is 1.37. The van der Waals surface area contributed by atoms with Crippen molar-refractivity contribution in [2.45, 2.75) is 37.8 Å². The molecule has 0 aromatic heterocycles. The Bertz CT molecular complexity index is 847. The maximum atomic E-state index is 12.9. The molecule has 0 aliphatic carbocycles. The van der Waals surface area contributed by atoms with Crippen molar-refractivity contribution in [2.24, 2.45) is 0 Å². The van der Waals surface area contributed by atoms with Gasteiger partial charge in [0.2, 0.25) is 5.91 Å². The molecule has 2 heterocycles. The van der Waals surface area contributed by atoms with Crippen LogP contribution in [0.15, 0.2) is 48.7 Å². The van der Waals surface area contributed by atoms with Crippen LogP contribution >= 0.6 is 0 Å². The number of benzene rings is 1. The summed E-state index contributed by atoms with van der Waals surface area (Å²) in [5, 5.41) is 15.3. The van der Waals surface area contributed by atoms with Crippen LogP contribution in [0.5, 0.6) is 0 Å². The van der Waals surface area contributed by atoms with Crippen LogP contribution < -0.4 is 20.4 Å². The molecule has 30 heavy (non-hydrogen) atoms. The fourth-order valence-corrected chi connectivity index (χ4v) is 3.83. The normalized spacial score (nSPS) is 24.5. The zero-order valence-electron chi connectivity index (χ0n) is 17.1. The Morgan fingerprint density at radius 1 is 1.27 bits per heavy atom. The first-order valence-electron chi connectivity index (χ1n) is 10.1. The monoisotopic (exact) mass is 412 g/mol. The molecule has 2 atom stereocenters. The zero-order chi connectivity index (χ0) is 21.7. The molecular weight excluding hydrogens is 384 g/mol. The van der Waals surface area contributed by atoms with E-state index in [1.165, 1.54) is 12.2 Å². The first-order chi connectivity index (χ1) is 14.3. The largest absolute Gasteiger partial charge is 0.388 e. The zero-order valence-corrected chi connectivity index (χ0v) is 17.1. The van der Waals surface area contributed by atoms with Crippen LogP contribution in [0.2, 0.25) is 0 Å². The predicted octanol–water partition coefficient (Wildman–Crippen LogP) is 1.71. The second-order valence-corrected chi connectivity index (χ2v) is 7.93. The lowest BCUT2D eigenvalue weighted by Gasteiger charge is -2.33. The van der Waals surface area contributed by atoms with E-state index in [-0.39, 0.29) is 11.6 Å². The average molecular weight is 412 g/mol. The van der Waals surface area contributed by atoms with Crippen molar-refractivity contribution < 1.29 is 19.5 Å². The van der Waals surface area contributed by atoms with E-state index in [0.29, 0.717) is 25.8 Å². The van der Waals surface area contributed by atoms with E-state index in [2.05, 4.69) is 22.1 Å². The quantitative estimate of drug-likeness (QED) is 0.375. The van der Waals surface area contributed by atoms with Gasteiger partial charge < -0.3 is 25.5 Å². The van der Waals surface area contributed by atoms with Gasteiger partial charge in [0.25, 0.3) is 0 Å². The van der Waals surface area contributed by atoms with Crippen molar-refractivity contribution in [1.82, 2.24) is 10.6 Å². The van der Waals surface area contributed by atoms with E-state index >= 15 is 0 Å². The van der Waals surface area contributed by atoms with E-state index in [4.69, 9.17) is 0 Å². The first kappa shape index (κ1) is 21.6. The number of hydrogen-bond donors (Lipinski definition) is 3. The van der Waals surface area contributed by atoms with Crippen LogP contribution in [0, 0.1) is 0 Å². The summed E-state index contributed by atoms with van der Waals surface area (Å²) >= 11 is 0. The predicted molar refractivity (Wildman–Crippen MR) is 115 cm³/mol. The number of carbonyl (C=O) groups is 3. The van der Waals surface area contributed by atoms with Gasteiger partial charge in [-0.3, -0.25) is 9.59 Å². The minimum absolute atomic E-state index is 0.173. The van der Waals surface area contributed by atoms with Gasteiger partial charge in [0.15, 0.2) is 0 Å². The Balaban J connectivity index is 1.63. The van der Waals surface area contributed by atoms with Crippen LogP contribution in [0.4, 0.5) is 16.2 Å². The number of hydrogen-bond acceptors (Lipinski definition) is 5. The molecule has 160 valence electrons. The average Bonchev–Trinajstić information content (AvgIpc) is 3.09. The van der Waals surface area contributed by atoms with E-state index in [9.17, 15) is 19.5 Å². The van der Waals surface area contributed by atoms with Gasteiger partial charge in [-0.05, 0) is 56.5 Å². The summed E-state index contributed by atoms with van der Waals surface area (Å²) in [6.45, 7) is 7.32. The lowest BCUT2D eigenvalue weighted by atomic mass is 10.0. The number of aldehydes is 1. The van der Waals surface area contributed by atoms with E-state index in [1.807, 2.05) is 31.2 Å². The second kappa shape index (κ2) is 9.13. The Kier molecular flexibility index (Phi) is 6.56. The first-order valence-corrected chi connectivity index (χ1v) is 10.1. The Hall–Kier alpha value is -3.13. The van der Waals surface area contributed by atoms with Gasteiger partial charge in [-0.1, -0.05) is 6.58 Å². The van der Waals surface area contributed by atoms with Crippen molar-refractivity contribution in [3.05, 3.63) is 48.7 Å². The number of nitrogens with one attached hydrogen (secondary N) is 2.